The van der Waals surface area contributed by atoms with Gasteiger partial charge in [-0.05, 0) is 23.8 Å². The molecule has 0 spiro atoms. The standard InChI is InChI=1S/C18H23N3O5/c1-6-7-20-10-14(22)21(17(20)24)11-26-16(23)15-13(18(15,3)4)8-12(2)9-19-25-5/h1,8-10,13,15,22H,7,11H2,2-5H3. The lowest BCUT2D eigenvalue weighted by molar-refractivity contribution is -0.150. The van der Waals surface area contributed by atoms with Gasteiger partial charge < -0.3 is 14.7 Å². The van der Waals surface area contributed by atoms with Crippen LogP contribution in [-0.2, 0) is 27.6 Å². The Morgan fingerprint density at radius 2 is 2.23 bits per heavy atom. The summed E-state index contributed by atoms with van der Waals surface area (Å²) < 4.78 is 7.36. The van der Waals surface area contributed by atoms with E-state index in [2.05, 4.69) is 15.9 Å². The molecule has 0 amide bonds. The first-order chi connectivity index (χ1) is 12.2. The lowest BCUT2D eigenvalue weighted by atomic mass is 10.1. The molecule has 2 rings (SSSR count). The van der Waals surface area contributed by atoms with Gasteiger partial charge in [-0.1, -0.05) is 31.0 Å². The summed E-state index contributed by atoms with van der Waals surface area (Å²) in [4.78, 5) is 29.1. The predicted octanol–water partition coefficient (Wildman–Crippen LogP) is 1.34. The summed E-state index contributed by atoms with van der Waals surface area (Å²) >= 11 is 0. The molecule has 0 bridgehead atoms. The molecule has 1 aliphatic rings. The fourth-order valence-electron chi connectivity index (χ4n) is 2.97. The van der Waals surface area contributed by atoms with Gasteiger partial charge in [0.2, 0.25) is 5.88 Å². The highest BCUT2D eigenvalue weighted by Crippen LogP contribution is 2.59. The SMILES string of the molecule is C#CCn1cc(O)n(COC(=O)C2C(C=C(C)C=NOC)C2(C)C)c1=O. The van der Waals surface area contributed by atoms with Crippen LogP contribution in [0.2, 0.25) is 0 Å². The molecule has 1 fully saturated rings. The van der Waals surface area contributed by atoms with Crippen molar-refractivity contribution in [1.29, 1.82) is 0 Å². The highest BCUT2D eigenvalue weighted by atomic mass is 16.6. The predicted molar refractivity (Wildman–Crippen MR) is 95.3 cm³/mol. The van der Waals surface area contributed by atoms with E-state index >= 15 is 0 Å². The zero-order chi connectivity index (χ0) is 19.5. The van der Waals surface area contributed by atoms with E-state index in [4.69, 9.17) is 11.2 Å². The highest BCUT2D eigenvalue weighted by molar-refractivity contribution is 5.81. The fourth-order valence-corrected chi connectivity index (χ4v) is 2.97. The van der Waals surface area contributed by atoms with Crippen LogP contribution in [0.1, 0.15) is 20.8 Å². The van der Waals surface area contributed by atoms with Gasteiger partial charge >= 0.3 is 11.7 Å². The Kier molecular flexibility index (Phi) is 5.60. The Balaban J connectivity index is 2.04. The first kappa shape index (κ1) is 19.4. The Morgan fingerprint density at radius 3 is 2.85 bits per heavy atom. The molecule has 140 valence electrons. The number of rotatable bonds is 7. The summed E-state index contributed by atoms with van der Waals surface area (Å²) in [6.45, 7) is 5.46. The lowest BCUT2D eigenvalue weighted by Gasteiger charge is -2.06. The number of carbonyl (C=O) groups excluding carboxylic acids is 1. The van der Waals surface area contributed by atoms with Gasteiger partial charge in [-0.25, -0.2) is 9.36 Å². The fraction of sp³-hybridized carbons (Fsp3) is 0.500. The van der Waals surface area contributed by atoms with Crippen molar-refractivity contribution in [2.24, 2.45) is 22.4 Å². The topological polar surface area (TPSA) is 95.1 Å². The maximum atomic E-state index is 12.4. The monoisotopic (exact) mass is 361 g/mol. The van der Waals surface area contributed by atoms with Crippen molar-refractivity contribution < 1.29 is 19.5 Å². The lowest BCUT2D eigenvalue weighted by Crippen LogP contribution is -2.26. The quantitative estimate of drug-likeness (QED) is 0.342. The van der Waals surface area contributed by atoms with Crippen molar-refractivity contribution in [3.05, 3.63) is 28.3 Å². The third kappa shape index (κ3) is 3.82. The van der Waals surface area contributed by atoms with Crippen LogP contribution in [0.4, 0.5) is 0 Å². The number of terminal acetylenes is 1. The molecule has 1 heterocycles. The first-order valence-corrected chi connectivity index (χ1v) is 8.08. The molecule has 26 heavy (non-hydrogen) atoms. The van der Waals surface area contributed by atoms with Crippen molar-refractivity contribution >= 4 is 12.2 Å². The number of aromatic nitrogens is 2. The van der Waals surface area contributed by atoms with E-state index in [9.17, 15) is 14.7 Å². The van der Waals surface area contributed by atoms with Crippen LogP contribution in [0.3, 0.4) is 0 Å². The molecule has 0 saturated heterocycles. The van der Waals surface area contributed by atoms with Gasteiger partial charge in [-0.3, -0.25) is 9.36 Å². The normalized spacial score (nSPS) is 21.4. The van der Waals surface area contributed by atoms with Gasteiger partial charge in [-0.2, -0.15) is 0 Å². The minimum Gasteiger partial charge on any atom is -0.493 e. The smallest absolute Gasteiger partial charge is 0.334 e. The summed E-state index contributed by atoms with van der Waals surface area (Å²) in [5.74, 6) is 1.24. The number of imidazole rings is 1. The molecule has 1 N–H and O–H groups in total. The van der Waals surface area contributed by atoms with Crippen molar-refractivity contribution in [2.45, 2.75) is 34.0 Å². The van der Waals surface area contributed by atoms with Gasteiger partial charge in [0.15, 0.2) is 6.73 Å². The van der Waals surface area contributed by atoms with Crippen molar-refractivity contribution in [1.82, 2.24) is 9.13 Å². The highest BCUT2D eigenvalue weighted by Gasteiger charge is 2.61. The molecule has 2 atom stereocenters. The molecular weight excluding hydrogens is 338 g/mol. The minimum atomic E-state index is -0.536. The van der Waals surface area contributed by atoms with E-state index in [0.717, 1.165) is 14.7 Å². The molecule has 0 aromatic carbocycles. The van der Waals surface area contributed by atoms with E-state index in [-0.39, 0.29) is 36.4 Å². The van der Waals surface area contributed by atoms with Crippen LogP contribution < -0.4 is 5.69 Å². The molecule has 8 heteroatoms. The number of aromatic hydroxyl groups is 1. The zero-order valence-electron chi connectivity index (χ0n) is 15.3. The zero-order valence-corrected chi connectivity index (χ0v) is 15.3. The molecule has 8 nitrogen and oxygen atoms in total. The van der Waals surface area contributed by atoms with Crippen LogP contribution >= 0.6 is 0 Å². The molecule has 1 aromatic heterocycles. The number of oxime groups is 1. The molecule has 0 aliphatic heterocycles. The van der Waals surface area contributed by atoms with Gasteiger partial charge in [0.1, 0.15) is 7.11 Å². The van der Waals surface area contributed by atoms with Crippen LogP contribution in [0.5, 0.6) is 5.88 Å². The third-order valence-electron chi connectivity index (χ3n) is 4.59. The maximum Gasteiger partial charge on any atom is 0.334 e. The van der Waals surface area contributed by atoms with Crippen molar-refractivity contribution in [3.63, 3.8) is 0 Å². The number of carbonyl (C=O) groups is 1. The Bertz CT molecular complexity index is 838. The van der Waals surface area contributed by atoms with E-state index in [1.54, 1.807) is 6.21 Å². The minimum absolute atomic E-state index is 0.00494. The number of allylic oxidation sites excluding steroid dienone is 2. The summed E-state index contributed by atoms with van der Waals surface area (Å²) in [7, 11) is 1.46. The Labute approximate surface area is 151 Å². The van der Waals surface area contributed by atoms with E-state index in [1.165, 1.54) is 13.3 Å². The summed E-state index contributed by atoms with van der Waals surface area (Å²) in [6, 6.07) is 0. The number of nitrogens with zero attached hydrogens (tertiary/aromatic N) is 3. The summed E-state index contributed by atoms with van der Waals surface area (Å²) in [5.41, 5.74) is 0.0774. The van der Waals surface area contributed by atoms with Crippen LogP contribution in [0.15, 0.2) is 27.8 Å². The summed E-state index contributed by atoms with van der Waals surface area (Å²) in [6.07, 6.45) is 9.89. The number of ether oxygens (including phenoxy) is 1. The molecule has 2 unspecified atom stereocenters. The second-order valence-corrected chi connectivity index (χ2v) is 6.77. The second-order valence-electron chi connectivity index (χ2n) is 6.77. The number of hydrogen-bond donors (Lipinski definition) is 1. The van der Waals surface area contributed by atoms with Gasteiger partial charge in [0.25, 0.3) is 0 Å². The Hall–Kier alpha value is -2.95. The van der Waals surface area contributed by atoms with E-state index < -0.39 is 11.7 Å². The second kappa shape index (κ2) is 7.52. The van der Waals surface area contributed by atoms with Gasteiger partial charge in [0, 0.05) is 0 Å². The molecule has 1 aromatic rings. The molecule has 1 saturated carbocycles. The first-order valence-electron chi connectivity index (χ1n) is 8.08. The third-order valence-corrected chi connectivity index (χ3v) is 4.59. The molecule has 1 aliphatic carbocycles. The molecular formula is C18H23N3O5. The largest absolute Gasteiger partial charge is 0.493 e. The Morgan fingerprint density at radius 1 is 1.54 bits per heavy atom. The van der Waals surface area contributed by atoms with Gasteiger partial charge in [0.05, 0.1) is 24.9 Å². The number of esters is 1. The van der Waals surface area contributed by atoms with Crippen LogP contribution in [0, 0.1) is 29.6 Å². The summed E-state index contributed by atoms with van der Waals surface area (Å²) in [5, 5.41) is 13.5. The van der Waals surface area contributed by atoms with E-state index in [0.29, 0.717) is 0 Å². The average molecular weight is 361 g/mol. The average Bonchev–Trinajstić information content (AvgIpc) is 3.00. The maximum absolute atomic E-state index is 12.4. The van der Waals surface area contributed by atoms with Gasteiger partial charge in [-0.15, -0.1) is 6.42 Å². The van der Waals surface area contributed by atoms with Crippen LogP contribution in [-0.4, -0.2) is 33.5 Å². The van der Waals surface area contributed by atoms with Crippen molar-refractivity contribution in [2.75, 3.05) is 7.11 Å². The van der Waals surface area contributed by atoms with Crippen LogP contribution in [0.25, 0.3) is 0 Å². The molecule has 0 radical (unpaired) electrons. The van der Waals surface area contributed by atoms with E-state index in [1.807, 2.05) is 26.8 Å². The van der Waals surface area contributed by atoms with Crippen molar-refractivity contribution in [3.8, 4) is 18.2 Å². The number of hydrogen-bond acceptors (Lipinski definition) is 6.